The van der Waals surface area contributed by atoms with Crippen molar-refractivity contribution in [2.75, 3.05) is 49.1 Å². The number of ether oxygens (including phenoxy) is 1. The van der Waals surface area contributed by atoms with Gasteiger partial charge in [-0.1, -0.05) is 12.1 Å². The molecule has 0 radical (unpaired) electrons. The quantitative estimate of drug-likeness (QED) is 0.556. The monoisotopic (exact) mass is 526 g/mol. The van der Waals surface area contributed by atoms with Crippen LogP contribution in [0.4, 0.5) is 33.7 Å². The number of halogens is 4. The van der Waals surface area contributed by atoms with Gasteiger partial charge in [0.1, 0.15) is 17.5 Å². The van der Waals surface area contributed by atoms with Crippen molar-refractivity contribution in [2.24, 2.45) is 0 Å². The number of nitrogens with zero attached hydrogens (tertiary/aromatic N) is 3. The van der Waals surface area contributed by atoms with Gasteiger partial charge in [0.05, 0.1) is 37.5 Å². The average Bonchev–Trinajstić information content (AvgIpc) is 3.06. The minimum absolute atomic E-state index is 0.00415. The number of carbonyl (C=O) groups excluding carboxylic acids is 3. The number of hydroxylamine groups is 2. The number of benzene rings is 2. The molecule has 2 aromatic rings. The highest BCUT2D eigenvalue weighted by molar-refractivity contribution is 5.96. The first-order chi connectivity index (χ1) is 17.7. The van der Waals surface area contributed by atoms with Gasteiger partial charge in [-0.15, -0.1) is 0 Å². The van der Waals surface area contributed by atoms with Gasteiger partial charge in [0, 0.05) is 25.2 Å². The summed E-state index contributed by atoms with van der Waals surface area (Å²) in [5.74, 6) is -4.35. The Kier molecular flexibility index (Phi) is 7.66. The molecular formula is C23H22F4N4O6. The van der Waals surface area contributed by atoms with Crippen molar-refractivity contribution < 1.29 is 46.6 Å². The van der Waals surface area contributed by atoms with Crippen molar-refractivity contribution in [1.82, 2.24) is 10.4 Å². The van der Waals surface area contributed by atoms with E-state index in [1.165, 1.54) is 17.0 Å². The highest BCUT2D eigenvalue weighted by Gasteiger charge is 2.35. The first kappa shape index (κ1) is 26.0. The van der Waals surface area contributed by atoms with Crippen LogP contribution in [0.5, 0.6) is 5.75 Å². The summed E-state index contributed by atoms with van der Waals surface area (Å²) in [6.07, 6.45) is -5.18. The maximum atomic E-state index is 15.1. The van der Waals surface area contributed by atoms with Gasteiger partial charge < -0.3 is 20.1 Å². The van der Waals surface area contributed by atoms with Gasteiger partial charge in [-0.2, -0.15) is 8.78 Å². The number of cyclic esters (lactones) is 1. The Morgan fingerprint density at radius 3 is 2.49 bits per heavy atom. The van der Waals surface area contributed by atoms with E-state index in [0.717, 1.165) is 22.1 Å². The Bertz CT molecular complexity index is 1180. The number of aromatic hydroxyl groups is 1. The summed E-state index contributed by atoms with van der Waals surface area (Å²) in [6.45, 7) is -0.706. The van der Waals surface area contributed by atoms with Crippen LogP contribution in [-0.4, -0.2) is 79.9 Å². The van der Waals surface area contributed by atoms with Crippen LogP contribution in [0, 0.1) is 11.6 Å². The molecule has 2 fully saturated rings. The molecule has 2 N–H and O–H groups in total. The van der Waals surface area contributed by atoms with E-state index < -0.39 is 54.3 Å². The number of amides is 3. The molecule has 0 saturated carbocycles. The average molecular weight is 526 g/mol. The number of rotatable bonds is 6. The van der Waals surface area contributed by atoms with Crippen LogP contribution in [0.1, 0.15) is 10.4 Å². The molecule has 2 heterocycles. The van der Waals surface area contributed by atoms with E-state index >= 15 is 8.78 Å². The fourth-order valence-corrected chi connectivity index (χ4v) is 3.96. The lowest BCUT2D eigenvalue weighted by Crippen LogP contribution is -2.37. The third-order valence-electron chi connectivity index (χ3n) is 5.75. The summed E-state index contributed by atoms with van der Waals surface area (Å²) in [7, 11) is 0. The summed E-state index contributed by atoms with van der Waals surface area (Å²) in [6, 6.07) is 7.75. The lowest BCUT2D eigenvalue weighted by atomic mass is 10.2. The van der Waals surface area contributed by atoms with E-state index in [2.05, 4.69) is 0 Å². The predicted molar refractivity (Wildman–Crippen MR) is 120 cm³/mol. The number of hydrogen-bond acceptors (Lipinski definition) is 7. The third kappa shape index (κ3) is 5.69. The summed E-state index contributed by atoms with van der Waals surface area (Å²) < 4.78 is 59.8. The van der Waals surface area contributed by atoms with Crippen LogP contribution in [0.25, 0.3) is 0 Å². The molecule has 2 saturated heterocycles. The molecule has 1 atom stereocenters. The molecule has 3 amide bonds. The second-order valence-corrected chi connectivity index (χ2v) is 8.16. The highest BCUT2D eigenvalue weighted by atomic mass is 19.3. The zero-order valence-corrected chi connectivity index (χ0v) is 19.2. The smallest absolute Gasteiger partial charge is 0.414 e. The van der Waals surface area contributed by atoms with Gasteiger partial charge >= 0.3 is 12.5 Å². The molecule has 0 unspecified atom stereocenters. The van der Waals surface area contributed by atoms with Crippen molar-refractivity contribution >= 4 is 29.3 Å². The minimum Gasteiger partial charge on any atom is -0.507 e. The molecule has 2 aliphatic heterocycles. The van der Waals surface area contributed by atoms with Crippen molar-refractivity contribution in [2.45, 2.75) is 12.5 Å². The molecule has 2 aromatic carbocycles. The molecule has 0 aromatic heterocycles. The van der Waals surface area contributed by atoms with Gasteiger partial charge in [0.15, 0.2) is 11.6 Å². The van der Waals surface area contributed by atoms with E-state index in [0.29, 0.717) is 0 Å². The minimum atomic E-state index is -3.23. The lowest BCUT2D eigenvalue weighted by molar-refractivity contribution is -0.132. The molecule has 37 heavy (non-hydrogen) atoms. The van der Waals surface area contributed by atoms with Gasteiger partial charge in [0.25, 0.3) is 11.8 Å². The molecule has 198 valence electrons. The largest absolute Gasteiger partial charge is 0.507 e. The molecule has 2 aliphatic rings. The van der Waals surface area contributed by atoms with E-state index in [4.69, 9.17) is 9.57 Å². The molecule has 10 nitrogen and oxygen atoms in total. The first-order valence-electron chi connectivity index (χ1n) is 11.2. The molecule has 0 bridgehead atoms. The Hall–Kier alpha value is -4.07. The summed E-state index contributed by atoms with van der Waals surface area (Å²) in [5.41, 5.74) is -0.534. The lowest BCUT2D eigenvalue weighted by Gasteiger charge is -2.24. The number of nitrogens with one attached hydrogen (secondary N) is 1. The van der Waals surface area contributed by atoms with Crippen molar-refractivity contribution in [3.63, 3.8) is 0 Å². The molecular weight excluding hydrogens is 504 g/mol. The highest BCUT2D eigenvalue weighted by Crippen LogP contribution is 2.31. The summed E-state index contributed by atoms with van der Waals surface area (Å²) in [4.78, 5) is 43.6. The fourth-order valence-electron chi connectivity index (χ4n) is 3.96. The molecule has 0 aliphatic carbocycles. The van der Waals surface area contributed by atoms with Gasteiger partial charge in [0.2, 0.25) is 0 Å². The molecule has 0 spiro atoms. The Labute approximate surface area is 207 Å². The second kappa shape index (κ2) is 10.9. The maximum absolute atomic E-state index is 15.1. The van der Waals surface area contributed by atoms with E-state index in [9.17, 15) is 28.3 Å². The van der Waals surface area contributed by atoms with E-state index in [-0.39, 0.29) is 49.8 Å². The van der Waals surface area contributed by atoms with Crippen molar-refractivity contribution in [3.8, 4) is 5.75 Å². The number of phenols is 1. The number of alkyl halides is 2. The zero-order valence-electron chi connectivity index (χ0n) is 19.2. The molecule has 4 rings (SSSR count). The van der Waals surface area contributed by atoms with Crippen LogP contribution < -0.4 is 15.1 Å². The number of phenolic OH excluding ortho intramolecular Hbond substituents is 1. The van der Waals surface area contributed by atoms with Gasteiger partial charge in [-0.25, -0.2) is 18.6 Å². The number of para-hydroxylation sites is 1. The topological polar surface area (TPSA) is 112 Å². The standard InChI is InChI=1S/C23H22F4N4O6/c24-16-9-13(30-12-14(37-23(30)35)11-28-21(33)20(26)27)10-17(25)19(16)29-5-6-31(36-8-7-29)22(34)15-3-1-2-4-18(15)32/h1-4,9-10,14,20,32H,5-8,11-12H2,(H,28,33)/t14-/m0/s1. The van der Waals surface area contributed by atoms with E-state index in [1.54, 1.807) is 12.1 Å². The van der Waals surface area contributed by atoms with Crippen LogP contribution >= 0.6 is 0 Å². The normalized spacial score (nSPS) is 18.1. The van der Waals surface area contributed by atoms with Crippen LogP contribution in [-0.2, 0) is 14.4 Å². The van der Waals surface area contributed by atoms with Gasteiger partial charge in [-0.05, 0) is 12.1 Å². The SMILES string of the molecule is O=C(NC[C@H]1CN(c2cc(F)c(N3CCON(C(=O)c4ccccc4O)CC3)c(F)c2)C(=O)O1)C(F)F. The maximum Gasteiger partial charge on any atom is 0.414 e. The number of anilines is 2. The van der Waals surface area contributed by atoms with Crippen LogP contribution in [0.2, 0.25) is 0 Å². The van der Waals surface area contributed by atoms with Crippen molar-refractivity contribution in [3.05, 3.63) is 53.6 Å². The fraction of sp³-hybridized carbons (Fsp3) is 0.348. The van der Waals surface area contributed by atoms with Crippen molar-refractivity contribution in [1.29, 1.82) is 0 Å². The first-order valence-corrected chi connectivity index (χ1v) is 11.2. The zero-order chi connectivity index (χ0) is 26.7. The Morgan fingerprint density at radius 1 is 1.11 bits per heavy atom. The number of hydrogen-bond donors (Lipinski definition) is 2. The second-order valence-electron chi connectivity index (χ2n) is 8.16. The Morgan fingerprint density at radius 2 is 1.81 bits per heavy atom. The third-order valence-corrected chi connectivity index (χ3v) is 5.75. The number of carbonyl (C=O) groups is 3. The van der Waals surface area contributed by atoms with E-state index in [1.807, 2.05) is 5.32 Å². The van der Waals surface area contributed by atoms with Crippen LogP contribution in [0.15, 0.2) is 36.4 Å². The Balaban J connectivity index is 1.43. The predicted octanol–water partition coefficient (Wildman–Crippen LogP) is 2.27. The summed E-state index contributed by atoms with van der Waals surface area (Å²) in [5, 5.41) is 12.8. The van der Waals surface area contributed by atoms with Crippen LogP contribution in [0.3, 0.4) is 0 Å². The van der Waals surface area contributed by atoms with Gasteiger partial charge in [-0.3, -0.25) is 19.3 Å². The molecule has 14 heteroatoms. The summed E-state index contributed by atoms with van der Waals surface area (Å²) >= 11 is 0.